The first-order valence-corrected chi connectivity index (χ1v) is 6.86. The van der Waals surface area contributed by atoms with E-state index < -0.39 is 5.97 Å². The Morgan fingerprint density at radius 3 is 2.95 bits per heavy atom. The third kappa shape index (κ3) is 3.06. The van der Waals surface area contributed by atoms with Gasteiger partial charge in [0.25, 0.3) is 0 Å². The average molecular weight is 297 g/mol. The van der Waals surface area contributed by atoms with Crippen molar-refractivity contribution < 1.29 is 14.3 Å². The molecular formula is C16H15N3O3. The summed E-state index contributed by atoms with van der Waals surface area (Å²) in [5.41, 5.74) is 2.02. The molecule has 0 bridgehead atoms. The molecule has 2 heterocycles. The van der Waals surface area contributed by atoms with Gasteiger partial charge >= 0.3 is 5.97 Å². The van der Waals surface area contributed by atoms with E-state index in [1.54, 1.807) is 25.6 Å². The summed E-state index contributed by atoms with van der Waals surface area (Å²) < 4.78 is 10.4. The molecule has 6 heteroatoms. The van der Waals surface area contributed by atoms with Crippen LogP contribution in [0.3, 0.4) is 0 Å². The van der Waals surface area contributed by atoms with E-state index in [4.69, 9.17) is 9.47 Å². The van der Waals surface area contributed by atoms with Crippen molar-refractivity contribution in [2.75, 3.05) is 13.7 Å². The van der Waals surface area contributed by atoms with Gasteiger partial charge in [0.15, 0.2) is 0 Å². The van der Waals surface area contributed by atoms with Gasteiger partial charge in [0.2, 0.25) is 0 Å². The molecule has 3 aromatic rings. The molecule has 0 atom stereocenters. The van der Waals surface area contributed by atoms with Gasteiger partial charge in [-0.3, -0.25) is 5.10 Å². The number of hydrogen-bond acceptors (Lipinski definition) is 5. The van der Waals surface area contributed by atoms with Gasteiger partial charge in [0, 0.05) is 18.0 Å². The summed E-state index contributed by atoms with van der Waals surface area (Å²) in [7, 11) is 1.61. The number of hydrogen-bond donors (Lipinski definition) is 1. The quantitative estimate of drug-likeness (QED) is 0.732. The number of nitrogens with one attached hydrogen (secondary N) is 1. The molecule has 6 nitrogen and oxygen atoms in total. The van der Waals surface area contributed by atoms with Crippen molar-refractivity contribution in [2.45, 2.75) is 6.42 Å². The van der Waals surface area contributed by atoms with E-state index >= 15 is 0 Å². The molecule has 3 rings (SSSR count). The summed E-state index contributed by atoms with van der Waals surface area (Å²) in [6.45, 7) is 0.292. The lowest BCUT2D eigenvalue weighted by Crippen LogP contribution is -2.09. The Morgan fingerprint density at radius 2 is 2.18 bits per heavy atom. The second kappa shape index (κ2) is 6.26. The van der Waals surface area contributed by atoms with E-state index in [2.05, 4.69) is 15.2 Å². The van der Waals surface area contributed by atoms with Crippen LogP contribution in [0.15, 0.2) is 42.7 Å². The van der Waals surface area contributed by atoms with Crippen molar-refractivity contribution in [1.82, 2.24) is 15.2 Å². The lowest BCUT2D eigenvalue weighted by atomic mass is 10.2. The maximum Gasteiger partial charge on any atom is 0.356 e. The van der Waals surface area contributed by atoms with Gasteiger partial charge in [-0.25, -0.2) is 9.78 Å². The van der Waals surface area contributed by atoms with Gasteiger partial charge in [-0.05, 0) is 29.8 Å². The van der Waals surface area contributed by atoms with Crippen LogP contribution < -0.4 is 4.74 Å². The van der Waals surface area contributed by atoms with Crippen LogP contribution in [-0.2, 0) is 11.2 Å². The molecule has 2 aromatic heterocycles. The fourth-order valence-corrected chi connectivity index (χ4v) is 2.09. The molecule has 0 spiro atoms. The molecule has 22 heavy (non-hydrogen) atoms. The molecule has 1 aromatic carbocycles. The number of H-pyrrole nitrogens is 1. The maximum atomic E-state index is 12.0. The minimum absolute atomic E-state index is 0.292. The predicted octanol–water partition coefficient (Wildman–Crippen LogP) is 2.37. The number of rotatable bonds is 5. The van der Waals surface area contributed by atoms with Crippen LogP contribution in [0.2, 0.25) is 0 Å². The fraction of sp³-hybridized carbons (Fsp3) is 0.188. The number of ether oxygens (including phenoxy) is 2. The number of fused-ring (bicyclic) bond motifs is 1. The second-order valence-corrected chi connectivity index (χ2v) is 4.75. The zero-order chi connectivity index (χ0) is 15.4. The summed E-state index contributed by atoms with van der Waals surface area (Å²) in [5.74, 6) is 0.325. The van der Waals surface area contributed by atoms with Gasteiger partial charge in [-0.1, -0.05) is 6.07 Å². The van der Waals surface area contributed by atoms with Gasteiger partial charge in [-0.2, -0.15) is 5.10 Å². The highest BCUT2D eigenvalue weighted by Gasteiger charge is 2.10. The van der Waals surface area contributed by atoms with Gasteiger partial charge in [0.05, 0.1) is 25.4 Å². The molecule has 1 N–H and O–H groups in total. The Kier molecular flexibility index (Phi) is 4.00. The average Bonchev–Trinajstić information content (AvgIpc) is 3.07. The summed E-state index contributed by atoms with van der Waals surface area (Å²) in [4.78, 5) is 16.3. The number of carbonyl (C=O) groups excluding carboxylic acids is 1. The number of nitrogens with zero attached hydrogens (tertiary/aromatic N) is 2. The highest BCUT2D eigenvalue weighted by molar-refractivity contribution is 5.91. The fourth-order valence-electron chi connectivity index (χ4n) is 2.09. The maximum absolute atomic E-state index is 12.0. The SMILES string of the molecule is COc1ccc2nc(C(=O)OCCc3cn[nH]c3)ccc2c1. The Bertz CT molecular complexity index is 784. The van der Waals surface area contributed by atoms with E-state index in [1.165, 1.54) is 0 Å². The van der Waals surface area contributed by atoms with Crippen molar-refractivity contribution in [3.8, 4) is 5.75 Å². The van der Waals surface area contributed by atoms with E-state index in [-0.39, 0.29) is 0 Å². The molecule has 0 unspecified atom stereocenters. The number of methoxy groups -OCH3 is 1. The van der Waals surface area contributed by atoms with Crippen molar-refractivity contribution in [1.29, 1.82) is 0 Å². The molecule has 0 radical (unpaired) electrons. The minimum atomic E-state index is -0.429. The zero-order valence-electron chi connectivity index (χ0n) is 12.1. The first-order valence-electron chi connectivity index (χ1n) is 6.86. The number of aromatic amines is 1. The minimum Gasteiger partial charge on any atom is -0.497 e. The topological polar surface area (TPSA) is 77.1 Å². The largest absolute Gasteiger partial charge is 0.497 e. The van der Waals surface area contributed by atoms with Gasteiger partial charge in [-0.15, -0.1) is 0 Å². The van der Waals surface area contributed by atoms with Crippen LogP contribution >= 0.6 is 0 Å². The summed E-state index contributed by atoms with van der Waals surface area (Å²) in [6, 6.07) is 8.98. The van der Waals surface area contributed by atoms with Crippen LogP contribution in [0.25, 0.3) is 10.9 Å². The third-order valence-corrected chi connectivity index (χ3v) is 3.28. The van der Waals surface area contributed by atoms with E-state index in [0.717, 1.165) is 22.2 Å². The highest BCUT2D eigenvalue weighted by atomic mass is 16.5. The third-order valence-electron chi connectivity index (χ3n) is 3.28. The standard InChI is InChI=1S/C16H15N3O3/c1-21-13-3-5-14-12(8-13)2-4-15(19-14)16(20)22-7-6-11-9-17-18-10-11/h2-5,8-10H,6-7H2,1H3,(H,17,18). The Balaban J connectivity index is 1.68. The van der Waals surface area contributed by atoms with Gasteiger partial charge in [0.1, 0.15) is 11.4 Å². The Hall–Kier alpha value is -2.89. The zero-order valence-corrected chi connectivity index (χ0v) is 12.1. The van der Waals surface area contributed by atoms with Crippen LogP contribution in [-0.4, -0.2) is 34.9 Å². The second-order valence-electron chi connectivity index (χ2n) is 4.75. The lowest BCUT2D eigenvalue weighted by Gasteiger charge is -2.05. The molecule has 0 amide bonds. The summed E-state index contributed by atoms with van der Waals surface area (Å²) in [5, 5.41) is 7.47. The highest BCUT2D eigenvalue weighted by Crippen LogP contribution is 2.19. The molecule has 0 saturated carbocycles. The molecular weight excluding hydrogens is 282 g/mol. The molecule has 112 valence electrons. The predicted molar refractivity (Wildman–Crippen MR) is 80.9 cm³/mol. The van der Waals surface area contributed by atoms with Crippen molar-refractivity contribution in [2.24, 2.45) is 0 Å². The van der Waals surface area contributed by atoms with E-state index in [0.29, 0.717) is 18.7 Å². The number of aromatic nitrogens is 3. The van der Waals surface area contributed by atoms with Crippen molar-refractivity contribution in [3.05, 3.63) is 54.0 Å². The summed E-state index contributed by atoms with van der Waals surface area (Å²) >= 11 is 0. The lowest BCUT2D eigenvalue weighted by molar-refractivity contribution is 0.0503. The van der Waals surface area contributed by atoms with Crippen LogP contribution in [0.5, 0.6) is 5.75 Å². The van der Waals surface area contributed by atoms with Gasteiger partial charge < -0.3 is 9.47 Å². The van der Waals surface area contributed by atoms with Crippen LogP contribution in [0.4, 0.5) is 0 Å². The number of pyridine rings is 1. The first kappa shape index (κ1) is 14.1. The molecule has 0 aliphatic rings. The normalized spacial score (nSPS) is 10.6. The molecule has 0 saturated heterocycles. The van der Waals surface area contributed by atoms with Crippen LogP contribution in [0, 0.1) is 0 Å². The smallest absolute Gasteiger partial charge is 0.356 e. The van der Waals surface area contributed by atoms with E-state index in [9.17, 15) is 4.79 Å². The Labute approximate surface area is 127 Å². The monoisotopic (exact) mass is 297 g/mol. The van der Waals surface area contributed by atoms with E-state index in [1.807, 2.05) is 24.3 Å². The molecule has 0 fully saturated rings. The summed E-state index contributed by atoms with van der Waals surface area (Å²) in [6.07, 6.45) is 4.10. The number of carbonyl (C=O) groups is 1. The van der Waals surface area contributed by atoms with Crippen molar-refractivity contribution in [3.63, 3.8) is 0 Å². The van der Waals surface area contributed by atoms with Crippen molar-refractivity contribution >= 4 is 16.9 Å². The first-order chi connectivity index (χ1) is 10.8. The molecule has 0 aliphatic heterocycles. The Morgan fingerprint density at radius 1 is 1.27 bits per heavy atom. The number of benzene rings is 1. The number of esters is 1. The van der Waals surface area contributed by atoms with Crippen LogP contribution in [0.1, 0.15) is 16.1 Å². The molecule has 0 aliphatic carbocycles.